The number of rotatable bonds is 4. The van der Waals surface area contributed by atoms with Crippen molar-refractivity contribution in [3.63, 3.8) is 0 Å². The number of amidine groups is 1. The molecule has 1 heterocycles. The van der Waals surface area contributed by atoms with Crippen LogP contribution in [0.3, 0.4) is 0 Å². The summed E-state index contributed by atoms with van der Waals surface area (Å²) in [6.07, 6.45) is 0. The highest BCUT2D eigenvalue weighted by atomic mass is 32.2. The molecule has 0 saturated heterocycles. The Bertz CT molecular complexity index is 616. The van der Waals surface area contributed by atoms with Crippen molar-refractivity contribution in [3.8, 4) is 5.69 Å². The van der Waals surface area contributed by atoms with Crippen LogP contribution in [-0.2, 0) is 0 Å². The molecule has 2 aromatic rings. The second-order valence-corrected chi connectivity index (χ2v) is 5.64. The highest BCUT2D eigenvalue weighted by Gasteiger charge is 2.15. The molecule has 0 bridgehead atoms. The molecule has 5 heteroatoms. The molecule has 3 N–H and O–H groups in total. The Hall–Kier alpha value is -1.75. The summed E-state index contributed by atoms with van der Waals surface area (Å²) in [6, 6.07) is 7.95. The Morgan fingerprint density at radius 1 is 1.42 bits per heavy atom. The minimum atomic E-state index is 0.0825. The van der Waals surface area contributed by atoms with Gasteiger partial charge in [-0.25, -0.2) is 4.68 Å². The van der Waals surface area contributed by atoms with Crippen LogP contribution in [0.15, 0.2) is 29.2 Å². The standard InChI is InChI=1S/C14H18N4S/c1-4-19-12-7-5-6-11(13(12)14(15)16)18-10(3)8-9(2)17-18/h5-8H,4H2,1-3H3,(H3,15,16). The van der Waals surface area contributed by atoms with Gasteiger partial charge in [-0.15, -0.1) is 11.8 Å². The second kappa shape index (κ2) is 5.48. The van der Waals surface area contributed by atoms with Gasteiger partial charge in [0.25, 0.3) is 0 Å². The van der Waals surface area contributed by atoms with Crippen LogP contribution in [0.1, 0.15) is 23.9 Å². The molecule has 0 unspecified atom stereocenters. The lowest BCUT2D eigenvalue weighted by Gasteiger charge is -2.14. The average molecular weight is 274 g/mol. The van der Waals surface area contributed by atoms with Gasteiger partial charge in [-0.1, -0.05) is 13.0 Å². The molecule has 0 aliphatic heterocycles. The first-order chi connectivity index (χ1) is 9.04. The van der Waals surface area contributed by atoms with Crippen LogP contribution < -0.4 is 5.73 Å². The SMILES string of the molecule is CCSc1cccc(-n2nc(C)cc2C)c1C(=N)N. The van der Waals surface area contributed by atoms with Gasteiger partial charge in [-0.3, -0.25) is 5.41 Å². The Morgan fingerprint density at radius 3 is 2.68 bits per heavy atom. The molecular formula is C14H18N4S. The molecule has 4 nitrogen and oxygen atoms in total. The van der Waals surface area contributed by atoms with E-state index in [1.54, 1.807) is 11.8 Å². The van der Waals surface area contributed by atoms with Crippen molar-refractivity contribution in [2.45, 2.75) is 25.7 Å². The summed E-state index contributed by atoms with van der Waals surface area (Å²) in [6.45, 7) is 6.05. The summed E-state index contributed by atoms with van der Waals surface area (Å²) in [5, 5.41) is 12.3. The second-order valence-electron chi connectivity index (χ2n) is 4.34. The Kier molecular flexibility index (Phi) is 3.95. The molecule has 19 heavy (non-hydrogen) atoms. The number of benzene rings is 1. The minimum absolute atomic E-state index is 0.0825. The van der Waals surface area contributed by atoms with Crippen molar-refractivity contribution in [1.29, 1.82) is 5.41 Å². The van der Waals surface area contributed by atoms with Crippen LogP contribution in [0.4, 0.5) is 0 Å². The summed E-state index contributed by atoms with van der Waals surface area (Å²) in [5.74, 6) is 1.03. The fourth-order valence-electron chi connectivity index (χ4n) is 2.12. The molecular weight excluding hydrogens is 256 g/mol. The van der Waals surface area contributed by atoms with E-state index in [2.05, 4.69) is 12.0 Å². The number of thioether (sulfide) groups is 1. The third-order valence-corrected chi connectivity index (χ3v) is 3.75. The fourth-order valence-corrected chi connectivity index (χ4v) is 2.96. The van der Waals surface area contributed by atoms with Gasteiger partial charge in [-0.05, 0) is 37.8 Å². The van der Waals surface area contributed by atoms with Gasteiger partial charge in [-0.2, -0.15) is 5.10 Å². The van der Waals surface area contributed by atoms with E-state index in [-0.39, 0.29) is 5.84 Å². The van der Waals surface area contributed by atoms with Crippen molar-refractivity contribution < 1.29 is 0 Å². The summed E-state index contributed by atoms with van der Waals surface area (Å²) in [5.41, 5.74) is 9.40. The number of hydrogen-bond donors (Lipinski definition) is 2. The lowest BCUT2D eigenvalue weighted by atomic mass is 10.1. The predicted molar refractivity (Wildman–Crippen MR) is 80.5 cm³/mol. The highest BCUT2D eigenvalue weighted by Crippen LogP contribution is 2.27. The molecule has 0 fully saturated rings. The maximum Gasteiger partial charge on any atom is 0.126 e. The van der Waals surface area contributed by atoms with Crippen LogP contribution in [0, 0.1) is 19.3 Å². The predicted octanol–water partition coefficient (Wildman–Crippen LogP) is 2.89. The number of aryl methyl sites for hydroxylation is 2. The third-order valence-electron chi connectivity index (χ3n) is 2.81. The first kappa shape index (κ1) is 13.7. The van der Waals surface area contributed by atoms with Gasteiger partial charge in [0.2, 0.25) is 0 Å². The van der Waals surface area contributed by atoms with Gasteiger partial charge in [0.15, 0.2) is 0 Å². The van der Waals surface area contributed by atoms with E-state index >= 15 is 0 Å². The molecule has 0 spiro atoms. The normalized spacial score (nSPS) is 10.7. The van der Waals surface area contributed by atoms with E-state index in [9.17, 15) is 0 Å². The zero-order valence-electron chi connectivity index (χ0n) is 11.4. The molecule has 0 aliphatic rings. The number of hydrogen-bond acceptors (Lipinski definition) is 3. The van der Waals surface area contributed by atoms with E-state index in [4.69, 9.17) is 11.1 Å². The molecule has 1 aromatic heterocycles. The van der Waals surface area contributed by atoms with Crippen molar-refractivity contribution in [2.75, 3.05) is 5.75 Å². The average Bonchev–Trinajstić information content (AvgIpc) is 2.68. The van der Waals surface area contributed by atoms with E-state index in [1.165, 1.54) is 0 Å². The lowest BCUT2D eigenvalue weighted by molar-refractivity contribution is 0.828. The van der Waals surface area contributed by atoms with E-state index in [1.807, 2.05) is 42.8 Å². The molecule has 0 atom stereocenters. The maximum atomic E-state index is 7.85. The third kappa shape index (κ3) is 2.66. The molecule has 0 amide bonds. The Labute approximate surface area is 117 Å². The monoisotopic (exact) mass is 274 g/mol. The molecule has 2 rings (SSSR count). The van der Waals surface area contributed by atoms with Gasteiger partial charge in [0, 0.05) is 10.6 Å². The van der Waals surface area contributed by atoms with Crippen LogP contribution >= 0.6 is 11.8 Å². The summed E-state index contributed by atoms with van der Waals surface area (Å²) in [4.78, 5) is 1.03. The quantitative estimate of drug-likeness (QED) is 0.512. The van der Waals surface area contributed by atoms with E-state index in [0.717, 1.165) is 33.3 Å². The van der Waals surface area contributed by atoms with Gasteiger partial charge in [0.05, 0.1) is 16.9 Å². The number of nitrogens with zero attached hydrogens (tertiary/aromatic N) is 2. The van der Waals surface area contributed by atoms with Crippen molar-refractivity contribution in [3.05, 3.63) is 41.2 Å². The number of nitrogens with two attached hydrogens (primary N) is 1. The molecule has 1 aromatic carbocycles. The van der Waals surface area contributed by atoms with Crippen molar-refractivity contribution in [1.82, 2.24) is 9.78 Å². The number of aromatic nitrogens is 2. The first-order valence-corrected chi connectivity index (χ1v) is 7.17. The van der Waals surface area contributed by atoms with Gasteiger partial charge in [0.1, 0.15) is 5.84 Å². The van der Waals surface area contributed by atoms with E-state index < -0.39 is 0 Å². The summed E-state index contributed by atoms with van der Waals surface area (Å²) in [7, 11) is 0. The van der Waals surface area contributed by atoms with Crippen molar-refractivity contribution >= 4 is 17.6 Å². The Balaban J connectivity index is 2.66. The minimum Gasteiger partial charge on any atom is -0.384 e. The van der Waals surface area contributed by atoms with Crippen LogP contribution in [-0.4, -0.2) is 21.4 Å². The largest absolute Gasteiger partial charge is 0.384 e. The zero-order valence-corrected chi connectivity index (χ0v) is 12.2. The summed E-state index contributed by atoms with van der Waals surface area (Å²) >= 11 is 1.69. The van der Waals surface area contributed by atoms with E-state index in [0.29, 0.717) is 0 Å². The van der Waals surface area contributed by atoms with Crippen LogP contribution in [0.5, 0.6) is 0 Å². The smallest absolute Gasteiger partial charge is 0.126 e. The van der Waals surface area contributed by atoms with Gasteiger partial charge < -0.3 is 5.73 Å². The van der Waals surface area contributed by atoms with Gasteiger partial charge >= 0.3 is 0 Å². The molecule has 100 valence electrons. The fraction of sp³-hybridized carbons (Fsp3) is 0.286. The maximum absolute atomic E-state index is 7.85. The summed E-state index contributed by atoms with van der Waals surface area (Å²) < 4.78 is 1.85. The first-order valence-electron chi connectivity index (χ1n) is 6.18. The molecule has 0 radical (unpaired) electrons. The number of nitrogen functional groups attached to an aromatic ring is 1. The zero-order chi connectivity index (χ0) is 14.0. The molecule has 0 saturated carbocycles. The van der Waals surface area contributed by atoms with Crippen molar-refractivity contribution in [2.24, 2.45) is 5.73 Å². The van der Waals surface area contributed by atoms with Crippen LogP contribution in [0.2, 0.25) is 0 Å². The number of nitrogens with one attached hydrogen (secondary N) is 1. The lowest BCUT2D eigenvalue weighted by Crippen LogP contribution is -2.17. The highest BCUT2D eigenvalue weighted by molar-refractivity contribution is 7.99. The Morgan fingerprint density at radius 2 is 2.16 bits per heavy atom. The van der Waals surface area contributed by atoms with Crippen LogP contribution in [0.25, 0.3) is 5.69 Å². The topological polar surface area (TPSA) is 67.7 Å². The molecule has 0 aliphatic carbocycles.